The number of nitrogens with zero attached hydrogens (tertiary/aromatic N) is 1. The summed E-state index contributed by atoms with van der Waals surface area (Å²) < 4.78 is 0. The van der Waals surface area contributed by atoms with Gasteiger partial charge in [0.05, 0.1) is 5.69 Å². The number of hydrogen-bond donors (Lipinski definition) is 3. The van der Waals surface area contributed by atoms with Crippen molar-refractivity contribution in [3.63, 3.8) is 0 Å². The Morgan fingerprint density at radius 1 is 1.00 bits per heavy atom. The summed E-state index contributed by atoms with van der Waals surface area (Å²) in [4.78, 5) is 28.9. The number of carboxylic acid groups (broad SMARTS) is 1. The second kappa shape index (κ2) is 8.45. The van der Waals surface area contributed by atoms with Crippen LogP contribution in [0.25, 0.3) is 0 Å². The number of pyridine rings is 1. The molecule has 150 valence electrons. The predicted octanol–water partition coefficient (Wildman–Crippen LogP) is 5.37. The van der Waals surface area contributed by atoms with Crippen LogP contribution >= 0.6 is 11.3 Å². The second-order valence-corrected chi connectivity index (χ2v) is 8.77. The number of urea groups is 1. The van der Waals surface area contributed by atoms with Crippen molar-refractivity contribution in [1.82, 2.24) is 4.98 Å². The number of hydrogen-bond acceptors (Lipinski definition) is 4. The normalized spacial score (nSPS) is 11.1. The summed E-state index contributed by atoms with van der Waals surface area (Å²) in [5.41, 5.74) is 3.01. The fourth-order valence-electron chi connectivity index (χ4n) is 2.74. The topological polar surface area (TPSA) is 91.3 Å². The van der Waals surface area contributed by atoms with Gasteiger partial charge in [0, 0.05) is 23.0 Å². The lowest BCUT2D eigenvalue weighted by Gasteiger charge is -2.15. The van der Waals surface area contributed by atoms with Crippen molar-refractivity contribution in [2.45, 2.75) is 32.6 Å². The minimum absolute atomic E-state index is 0.123. The molecule has 3 aromatic rings. The summed E-state index contributed by atoms with van der Waals surface area (Å²) >= 11 is 1.18. The van der Waals surface area contributed by atoms with Crippen molar-refractivity contribution in [1.29, 1.82) is 0 Å². The summed E-state index contributed by atoms with van der Waals surface area (Å²) in [7, 11) is 0. The Hall–Kier alpha value is -3.19. The molecule has 0 spiro atoms. The van der Waals surface area contributed by atoms with Crippen molar-refractivity contribution in [2.24, 2.45) is 0 Å². The van der Waals surface area contributed by atoms with Gasteiger partial charge >= 0.3 is 12.0 Å². The van der Waals surface area contributed by atoms with Crippen molar-refractivity contribution in [2.75, 3.05) is 10.6 Å². The van der Waals surface area contributed by atoms with Gasteiger partial charge in [-0.25, -0.2) is 9.59 Å². The SMILES string of the molecule is CC(C)(C)c1cc(NC(=O)Nc2ccc(Cc3ccncc3)cc2)c(C(=O)O)s1. The molecule has 0 fully saturated rings. The quantitative estimate of drug-likeness (QED) is 0.528. The van der Waals surface area contributed by atoms with Crippen LogP contribution in [0.1, 0.15) is 46.4 Å². The molecule has 0 radical (unpaired) electrons. The number of rotatable bonds is 5. The van der Waals surface area contributed by atoms with Crippen LogP contribution in [0.3, 0.4) is 0 Å². The molecule has 0 saturated carbocycles. The number of carbonyl (C=O) groups is 2. The van der Waals surface area contributed by atoms with Crippen LogP contribution < -0.4 is 10.6 Å². The second-order valence-electron chi connectivity index (χ2n) is 7.72. The number of aromatic nitrogens is 1. The minimum Gasteiger partial charge on any atom is -0.477 e. The number of thiophene rings is 1. The molecule has 1 aromatic carbocycles. The Balaban J connectivity index is 1.66. The van der Waals surface area contributed by atoms with Gasteiger partial charge in [-0.2, -0.15) is 0 Å². The van der Waals surface area contributed by atoms with Crippen molar-refractivity contribution < 1.29 is 14.7 Å². The molecular weight excluding hydrogens is 386 g/mol. The average molecular weight is 410 g/mol. The largest absolute Gasteiger partial charge is 0.477 e. The fraction of sp³-hybridized carbons (Fsp3) is 0.227. The molecule has 7 heteroatoms. The van der Waals surface area contributed by atoms with Gasteiger partial charge in [-0.1, -0.05) is 32.9 Å². The molecule has 3 N–H and O–H groups in total. The molecule has 6 nitrogen and oxygen atoms in total. The van der Waals surface area contributed by atoms with Gasteiger partial charge in [0.2, 0.25) is 0 Å². The summed E-state index contributed by atoms with van der Waals surface area (Å²) in [6.07, 6.45) is 4.30. The summed E-state index contributed by atoms with van der Waals surface area (Å²) in [5.74, 6) is -1.05. The first-order chi connectivity index (χ1) is 13.7. The van der Waals surface area contributed by atoms with E-state index in [1.54, 1.807) is 18.5 Å². The highest BCUT2D eigenvalue weighted by molar-refractivity contribution is 7.14. The van der Waals surface area contributed by atoms with E-state index in [4.69, 9.17) is 0 Å². The molecule has 2 amide bonds. The molecule has 0 bridgehead atoms. The van der Waals surface area contributed by atoms with Gasteiger partial charge in [0.15, 0.2) is 0 Å². The molecule has 0 atom stereocenters. The molecule has 0 aliphatic heterocycles. The van der Waals surface area contributed by atoms with E-state index in [1.165, 1.54) is 11.3 Å². The lowest BCUT2D eigenvalue weighted by Crippen LogP contribution is -2.20. The van der Waals surface area contributed by atoms with E-state index in [9.17, 15) is 14.7 Å². The molecule has 29 heavy (non-hydrogen) atoms. The van der Waals surface area contributed by atoms with Crippen molar-refractivity contribution >= 4 is 34.7 Å². The standard InChI is InChI=1S/C22H23N3O3S/c1-22(2,3)18-13-17(19(29-18)20(26)27)25-21(28)24-16-6-4-14(5-7-16)12-15-8-10-23-11-9-15/h4-11,13H,12H2,1-3H3,(H,26,27)(H2,24,25,28). The van der Waals surface area contributed by atoms with Crippen LogP contribution in [-0.2, 0) is 11.8 Å². The predicted molar refractivity (Wildman–Crippen MR) is 116 cm³/mol. The number of carbonyl (C=O) groups excluding carboxylic acids is 1. The number of amides is 2. The maximum Gasteiger partial charge on any atom is 0.348 e. The number of nitrogens with one attached hydrogen (secondary N) is 2. The zero-order valence-electron chi connectivity index (χ0n) is 16.5. The zero-order valence-corrected chi connectivity index (χ0v) is 17.3. The van der Waals surface area contributed by atoms with Gasteiger partial charge < -0.3 is 15.7 Å². The lowest BCUT2D eigenvalue weighted by molar-refractivity contribution is 0.0703. The summed E-state index contributed by atoms with van der Waals surface area (Å²) in [6, 6.07) is 12.7. The Morgan fingerprint density at radius 2 is 1.62 bits per heavy atom. The fourth-order valence-corrected chi connectivity index (χ4v) is 3.75. The third kappa shape index (κ3) is 5.42. The maximum absolute atomic E-state index is 12.4. The Kier molecular flexibility index (Phi) is 5.98. The zero-order chi connectivity index (χ0) is 21.0. The van der Waals surface area contributed by atoms with Gasteiger partial charge in [0.25, 0.3) is 0 Å². The Bertz CT molecular complexity index is 1010. The highest BCUT2D eigenvalue weighted by Crippen LogP contribution is 2.35. The lowest BCUT2D eigenvalue weighted by atomic mass is 9.94. The molecule has 2 aromatic heterocycles. The molecule has 0 aliphatic carbocycles. The number of aromatic carboxylic acids is 1. The number of anilines is 2. The van der Waals surface area contributed by atoms with Crippen molar-refractivity contribution in [3.8, 4) is 0 Å². The molecular formula is C22H23N3O3S. The van der Waals surface area contributed by atoms with E-state index in [0.717, 1.165) is 22.4 Å². The van der Waals surface area contributed by atoms with Gasteiger partial charge in [-0.3, -0.25) is 4.98 Å². The van der Waals surface area contributed by atoms with Gasteiger partial charge in [-0.05, 0) is 53.3 Å². The van der Waals surface area contributed by atoms with E-state index in [2.05, 4.69) is 15.6 Å². The van der Waals surface area contributed by atoms with Crippen LogP contribution in [0, 0.1) is 0 Å². The Morgan fingerprint density at radius 3 is 2.21 bits per heavy atom. The van der Waals surface area contributed by atoms with E-state index in [0.29, 0.717) is 11.4 Å². The third-order valence-electron chi connectivity index (χ3n) is 4.28. The van der Waals surface area contributed by atoms with Gasteiger partial charge in [-0.15, -0.1) is 11.3 Å². The highest BCUT2D eigenvalue weighted by atomic mass is 32.1. The Labute approximate surface area is 173 Å². The molecule has 2 heterocycles. The van der Waals surface area contributed by atoms with Crippen LogP contribution in [0.4, 0.5) is 16.2 Å². The van der Waals surface area contributed by atoms with Crippen LogP contribution in [0.2, 0.25) is 0 Å². The molecule has 0 aliphatic rings. The highest BCUT2D eigenvalue weighted by Gasteiger charge is 2.23. The third-order valence-corrected chi connectivity index (χ3v) is 5.83. The van der Waals surface area contributed by atoms with E-state index in [-0.39, 0.29) is 10.3 Å². The minimum atomic E-state index is -1.05. The van der Waals surface area contributed by atoms with E-state index < -0.39 is 12.0 Å². The van der Waals surface area contributed by atoms with E-state index >= 15 is 0 Å². The smallest absolute Gasteiger partial charge is 0.348 e. The maximum atomic E-state index is 12.4. The molecule has 0 saturated heterocycles. The van der Waals surface area contributed by atoms with Crippen LogP contribution in [0.5, 0.6) is 0 Å². The number of benzene rings is 1. The summed E-state index contributed by atoms with van der Waals surface area (Å²) in [5, 5.41) is 14.8. The summed E-state index contributed by atoms with van der Waals surface area (Å²) in [6.45, 7) is 6.01. The first-order valence-electron chi connectivity index (χ1n) is 9.16. The monoisotopic (exact) mass is 409 g/mol. The first kappa shape index (κ1) is 20.5. The molecule has 3 rings (SSSR count). The van der Waals surface area contributed by atoms with Gasteiger partial charge in [0.1, 0.15) is 4.88 Å². The van der Waals surface area contributed by atoms with Crippen LogP contribution in [0.15, 0.2) is 54.9 Å². The molecule has 0 unspecified atom stereocenters. The first-order valence-corrected chi connectivity index (χ1v) is 9.97. The average Bonchev–Trinajstić information content (AvgIpc) is 3.08. The van der Waals surface area contributed by atoms with Crippen LogP contribution in [-0.4, -0.2) is 22.1 Å². The number of carboxylic acids is 1. The van der Waals surface area contributed by atoms with Crippen molar-refractivity contribution in [3.05, 3.63) is 75.7 Å². The van der Waals surface area contributed by atoms with E-state index in [1.807, 2.05) is 57.2 Å².